The molecule has 2 rings (SSSR count). The molecule has 0 unspecified atom stereocenters. The lowest BCUT2D eigenvalue weighted by molar-refractivity contribution is 0.0954. The zero-order valence-corrected chi connectivity index (χ0v) is 13.5. The van der Waals surface area contributed by atoms with E-state index in [-0.39, 0.29) is 5.91 Å². The molecule has 0 atom stereocenters. The second kappa shape index (κ2) is 6.91. The summed E-state index contributed by atoms with van der Waals surface area (Å²) in [4.78, 5) is 12.0. The second-order valence-electron chi connectivity index (χ2n) is 4.59. The first kappa shape index (κ1) is 15.1. The highest BCUT2D eigenvalue weighted by atomic mass is 79.9. The molecule has 104 valence electrons. The van der Waals surface area contributed by atoms with Crippen molar-refractivity contribution in [2.45, 2.75) is 13.3 Å². The Morgan fingerprint density at radius 1 is 1.25 bits per heavy atom. The third-order valence-electron chi connectivity index (χ3n) is 3.07. The SMILES string of the molecule is Cc1ccccc1CCNC(=O)c1cc(Cl)cc(Br)c1. The van der Waals surface area contributed by atoms with Gasteiger partial charge >= 0.3 is 0 Å². The van der Waals surface area contributed by atoms with Crippen molar-refractivity contribution in [1.29, 1.82) is 0 Å². The van der Waals surface area contributed by atoms with E-state index in [1.54, 1.807) is 18.2 Å². The van der Waals surface area contributed by atoms with E-state index < -0.39 is 0 Å². The Labute approximate surface area is 132 Å². The van der Waals surface area contributed by atoms with Crippen LogP contribution in [0.15, 0.2) is 46.9 Å². The van der Waals surface area contributed by atoms with E-state index in [4.69, 9.17) is 11.6 Å². The molecule has 0 aliphatic carbocycles. The number of hydrogen-bond donors (Lipinski definition) is 1. The van der Waals surface area contributed by atoms with Crippen LogP contribution >= 0.6 is 27.5 Å². The summed E-state index contributed by atoms with van der Waals surface area (Å²) in [6.07, 6.45) is 0.820. The third-order valence-corrected chi connectivity index (χ3v) is 3.74. The lowest BCUT2D eigenvalue weighted by Gasteiger charge is -2.08. The Morgan fingerprint density at radius 3 is 2.70 bits per heavy atom. The Kier molecular flexibility index (Phi) is 5.21. The summed E-state index contributed by atoms with van der Waals surface area (Å²) >= 11 is 9.27. The number of halogens is 2. The quantitative estimate of drug-likeness (QED) is 0.869. The van der Waals surface area contributed by atoms with E-state index in [0.717, 1.165) is 10.9 Å². The molecule has 0 spiro atoms. The van der Waals surface area contributed by atoms with Crippen molar-refractivity contribution < 1.29 is 4.79 Å². The lowest BCUT2D eigenvalue weighted by atomic mass is 10.1. The summed E-state index contributed by atoms with van der Waals surface area (Å²) in [5.41, 5.74) is 3.06. The van der Waals surface area contributed by atoms with Gasteiger partial charge in [0.25, 0.3) is 5.91 Å². The highest BCUT2D eigenvalue weighted by Crippen LogP contribution is 2.19. The molecule has 2 aromatic rings. The van der Waals surface area contributed by atoms with Gasteiger partial charge in [-0.2, -0.15) is 0 Å². The molecule has 2 aromatic carbocycles. The Hall–Kier alpha value is -1.32. The minimum absolute atomic E-state index is 0.109. The molecular formula is C16H15BrClNO. The van der Waals surface area contributed by atoms with Crippen LogP contribution in [0.3, 0.4) is 0 Å². The predicted octanol–water partition coefficient (Wildman–Crippen LogP) is 4.38. The third kappa shape index (κ3) is 4.09. The lowest BCUT2D eigenvalue weighted by Crippen LogP contribution is -2.25. The van der Waals surface area contributed by atoms with Gasteiger partial charge < -0.3 is 5.32 Å². The standard InChI is InChI=1S/C16H15BrClNO/c1-11-4-2-3-5-12(11)6-7-19-16(20)13-8-14(17)10-15(18)9-13/h2-5,8-10H,6-7H2,1H3,(H,19,20). The van der Waals surface area contributed by atoms with Crippen LogP contribution in [-0.4, -0.2) is 12.5 Å². The van der Waals surface area contributed by atoms with Crippen LogP contribution in [0.1, 0.15) is 21.5 Å². The zero-order chi connectivity index (χ0) is 14.5. The fourth-order valence-electron chi connectivity index (χ4n) is 1.99. The van der Waals surface area contributed by atoms with Crippen LogP contribution in [-0.2, 0) is 6.42 Å². The summed E-state index contributed by atoms with van der Waals surface area (Å²) in [5, 5.41) is 3.46. The van der Waals surface area contributed by atoms with Crippen molar-refractivity contribution in [1.82, 2.24) is 5.32 Å². The average Bonchev–Trinajstić information content (AvgIpc) is 2.39. The van der Waals surface area contributed by atoms with Gasteiger partial charge in [-0.1, -0.05) is 51.8 Å². The molecule has 1 amide bonds. The first-order valence-electron chi connectivity index (χ1n) is 6.35. The molecule has 0 heterocycles. The normalized spacial score (nSPS) is 10.3. The molecule has 1 N–H and O–H groups in total. The fraction of sp³-hybridized carbons (Fsp3) is 0.188. The zero-order valence-electron chi connectivity index (χ0n) is 11.1. The second-order valence-corrected chi connectivity index (χ2v) is 5.94. The number of amides is 1. The fourth-order valence-corrected chi connectivity index (χ4v) is 2.85. The Bertz CT molecular complexity index is 607. The highest BCUT2D eigenvalue weighted by molar-refractivity contribution is 9.10. The largest absolute Gasteiger partial charge is 0.352 e. The maximum absolute atomic E-state index is 12.0. The van der Waals surface area contributed by atoms with Gasteiger partial charge in [-0.05, 0) is 42.7 Å². The van der Waals surface area contributed by atoms with Crippen LogP contribution in [0.25, 0.3) is 0 Å². The van der Waals surface area contributed by atoms with Crippen molar-refractivity contribution in [3.05, 3.63) is 68.7 Å². The molecule has 0 fully saturated rings. The van der Waals surface area contributed by atoms with Gasteiger partial charge in [0.2, 0.25) is 0 Å². The average molecular weight is 353 g/mol. The molecule has 0 saturated heterocycles. The van der Waals surface area contributed by atoms with Gasteiger partial charge in [0.15, 0.2) is 0 Å². The molecule has 2 nitrogen and oxygen atoms in total. The highest BCUT2D eigenvalue weighted by Gasteiger charge is 2.07. The summed E-state index contributed by atoms with van der Waals surface area (Å²) in [5.74, 6) is -0.109. The summed E-state index contributed by atoms with van der Waals surface area (Å²) in [7, 11) is 0. The monoisotopic (exact) mass is 351 g/mol. The minimum atomic E-state index is -0.109. The van der Waals surface area contributed by atoms with Crippen LogP contribution in [0, 0.1) is 6.92 Å². The smallest absolute Gasteiger partial charge is 0.251 e. The van der Waals surface area contributed by atoms with Crippen molar-refractivity contribution in [3.8, 4) is 0 Å². The summed E-state index contributed by atoms with van der Waals surface area (Å²) in [6, 6.07) is 13.4. The summed E-state index contributed by atoms with van der Waals surface area (Å²) < 4.78 is 0.800. The molecule has 0 radical (unpaired) electrons. The first-order chi connectivity index (χ1) is 9.56. The van der Waals surface area contributed by atoms with Gasteiger partial charge in [0.05, 0.1) is 0 Å². The maximum atomic E-state index is 12.0. The van der Waals surface area contributed by atoms with Crippen LogP contribution in [0.4, 0.5) is 0 Å². The van der Waals surface area contributed by atoms with Gasteiger partial charge in [-0.3, -0.25) is 4.79 Å². The Morgan fingerprint density at radius 2 is 2.00 bits per heavy atom. The first-order valence-corrected chi connectivity index (χ1v) is 7.52. The number of carbonyl (C=O) groups is 1. The maximum Gasteiger partial charge on any atom is 0.251 e. The van der Waals surface area contributed by atoms with Gasteiger partial charge in [-0.15, -0.1) is 0 Å². The molecule has 0 saturated carbocycles. The van der Waals surface area contributed by atoms with Gasteiger partial charge in [0.1, 0.15) is 0 Å². The Balaban J connectivity index is 1.94. The van der Waals surface area contributed by atoms with E-state index in [1.807, 2.05) is 12.1 Å². The number of nitrogens with one attached hydrogen (secondary N) is 1. The van der Waals surface area contributed by atoms with E-state index >= 15 is 0 Å². The topological polar surface area (TPSA) is 29.1 Å². The molecule has 0 bridgehead atoms. The van der Waals surface area contributed by atoms with Gasteiger partial charge in [-0.25, -0.2) is 0 Å². The molecule has 4 heteroatoms. The molecule has 20 heavy (non-hydrogen) atoms. The molecule has 0 aromatic heterocycles. The van der Waals surface area contributed by atoms with E-state index in [1.165, 1.54) is 11.1 Å². The van der Waals surface area contributed by atoms with Crippen molar-refractivity contribution >= 4 is 33.4 Å². The number of hydrogen-bond acceptors (Lipinski definition) is 1. The number of aryl methyl sites for hydroxylation is 1. The van der Waals surface area contributed by atoms with E-state index in [0.29, 0.717) is 17.1 Å². The summed E-state index contributed by atoms with van der Waals surface area (Å²) in [6.45, 7) is 2.68. The van der Waals surface area contributed by atoms with Crippen LogP contribution in [0.5, 0.6) is 0 Å². The van der Waals surface area contributed by atoms with E-state index in [9.17, 15) is 4.79 Å². The van der Waals surface area contributed by atoms with Gasteiger partial charge in [0, 0.05) is 21.6 Å². The predicted molar refractivity (Wildman–Crippen MR) is 86.4 cm³/mol. The van der Waals surface area contributed by atoms with Crippen LogP contribution in [0.2, 0.25) is 5.02 Å². The number of carbonyl (C=O) groups excluding carboxylic acids is 1. The van der Waals surface area contributed by atoms with E-state index in [2.05, 4.69) is 40.3 Å². The molecular weight excluding hydrogens is 338 g/mol. The van der Waals surface area contributed by atoms with Crippen molar-refractivity contribution in [2.75, 3.05) is 6.54 Å². The van der Waals surface area contributed by atoms with Crippen molar-refractivity contribution in [2.24, 2.45) is 0 Å². The van der Waals surface area contributed by atoms with Crippen molar-refractivity contribution in [3.63, 3.8) is 0 Å². The molecule has 0 aliphatic rings. The number of rotatable bonds is 4. The van der Waals surface area contributed by atoms with Crippen LogP contribution < -0.4 is 5.32 Å². The molecule has 0 aliphatic heterocycles. The minimum Gasteiger partial charge on any atom is -0.352 e. The number of benzene rings is 2.